The molecule has 6 heteroatoms. The van der Waals surface area contributed by atoms with E-state index in [0.29, 0.717) is 43.3 Å². The number of benzene rings is 2. The van der Waals surface area contributed by atoms with E-state index in [-0.39, 0.29) is 17.7 Å². The minimum Gasteiger partial charge on any atom is -0.493 e. The molecule has 0 aromatic heterocycles. The van der Waals surface area contributed by atoms with Crippen molar-refractivity contribution in [3.63, 3.8) is 0 Å². The number of methoxy groups -OCH3 is 1. The third-order valence-corrected chi connectivity index (χ3v) is 5.54. The van der Waals surface area contributed by atoms with E-state index in [9.17, 15) is 9.59 Å². The van der Waals surface area contributed by atoms with Crippen molar-refractivity contribution in [3.8, 4) is 11.5 Å². The summed E-state index contributed by atoms with van der Waals surface area (Å²) in [7, 11) is 1.60. The molecule has 3 rings (SSSR count). The lowest BCUT2D eigenvalue weighted by atomic mass is 9.96. The summed E-state index contributed by atoms with van der Waals surface area (Å²) in [5.41, 5.74) is 3.77. The van der Waals surface area contributed by atoms with Gasteiger partial charge in [-0.2, -0.15) is 0 Å². The number of likely N-dealkylation sites (tertiary alicyclic amines) is 1. The van der Waals surface area contributed by atoms with E-state index in [4.69, 9.17) is 9.47 Å². The van der Waals surface area contributed by atoms with E-state index in [2.05, 4.69) is 11.4 Å². The number of aryl methyl sites for hydroxylation is 2. The fraction of sp³-hybridized carbons (Fsp3) is 0.440. The zero-order chi connectivity index (χ0) is 22.4. The quantitative estimate of drug-likeness (QED) is 0.733. The van der Waals surface area contributed by atoms with Crippen molar-refractivity contribution >= 4 is 11.8 Å². The molecule has 2 amide bonds. The molecule has 166 valence electrons. The maximum atomic E-state index is 13.0. The van der Waals surface area contributed by atoms with E-state index in [1.165, 1.54) is 0 Å². The highest BCUT2D eigenvalue weighted by molar-refractivity contribution is 5.95. The van der Waals surface area contributed by atoms with Crippen LogP contribution in [0.3, 0.4) is 0 Å². The molecule has 0 bridgehead atoms. The predicted octanol–water partition coefficient (Wildman–Crippen LogP) is 3.88. The Morgan fingerprint density at radius 3 is 2.52 bits per heavy atom. The van der Waals surface area contributed by atoms with Crippen LogP contribution < -0.4 is 14.8 Å². The minimum atomic E-state index is -0.201. The summed E-state index contributed by atoms with van der Waals surface area (Å²) in [6.07, 6.45) is 1.61. The Morgan fingerprint density at radius 1 is 1.10 bits per heavy atom. The topological polar surface area (TPSA) is 67.9 Å². The van der Waals surface area contributed by atoms with Crippen LogP contribution in [-0.2, 0) is 11.3 Å². The van der Waals surface area contributed by atoms with Gasteiger partial charge in [0, 0.05) is 25.2 Å². The summed E-state index contributed by atoms with van der Waals surface area (Å²) in [6, 6.07) is 11.5. The zero-order valence-corrected chi connectivity index (χ0v) is 18.9. The number of ether oxygens (including phenoxy) is 2. The Morgan fingerprint density at radius 2 is 1.84 bits per heavy atom. The van der Waals surface area contributed by atoms with Crippen molar-refractivity contribution in [1.82, 2.24) is 10.2 Å². The average Bonchev–Trinajstić information content (AvgIpc) is 2.77. The monoisotopic (exact) mass is 424 g/mol. The lowest BCUT2D eigenvalue weighted by Crippen LogP contribution is -2.45. The smallest absolute Gasteiger partial charge is 0.253 e. The van der Waals surface area contributed by atoms with Crippen LogP contribution in [0.5, 0.6) is 11.5 Å². The van der Waals surface area contributed by atoms with Gasteiger partial charge in [0.05, 0.1) is 19.6 Å². The Balaban J connectivity index is 1.60. The van der Waals surface area contributed by atoms with Gasteiger partial charge in [0.1, 0.15) is 0 Å². The number of hydrogen-bond acceptors (Lipinski definition) is 4. The third-order valence-electron chi connectivity index (χ3n) is 5.54. The molecule has 1 saturated heterocycles. The van der Waals surface area contributed by atoms with Crippen LogP contribution in [0.1, 0.15) is 46.8 Å². The van der Waals surface area contributed by atoms with Crippen LogP contribution >= 0.6 is 0 Å². The molecule has 1 aliphatic rings. The van der Waals surface area contributed by atoms with Crippen LogP contribution in [0, 0.1) is 19.8 Å². The predicted molar refractivity (Wildman–Crippen MR) is 121 cm³/mol. The van der Waals surface area contributed by atoms with E-state index in [0.717, 1.165) is 29.5 Å². The van der Waals surface area contributed by atoms with Crippen molar-refractivity contribution in [3.05, 3.63) is 58.7 Å². The van der Waals surface area contributed by atoms with Gasteiger partial charge in [0.25, 0.3) is 5.91 Å². The van der Waals surface area contributed by atoms with E-state index in [1.807, 2.05) is 56.0 Å². The summed E-state index contributed by atoms with van der Waals surface area (Å²) in [5, 5.41) is 3.02. The largest absolute Gasteiger partial charge is 0.493 e. The second-order valence-electron chi connectivity index (χ2n) is 8.10. The number of carbonyl (C=O) groups excluding carboxylic acids is 2. The lowest BCUT2D eigenvalue weighted by Gasteiger charge is -2.32. The summed E-state index contributed by atoms with van der Waals surface area (Å²) in [5.74, 6) is 1.11. The molecule has 6 nitrogen and oxygen atoms in total. The first kappa shape index (κ1) is 22.7. The van der Waals surface area contributed by atoms with Crippen LogP contribution in [0.2, 0.25) is 0 Å². The Labute approximate surface area is 184 Å². The molecular weight excluding hydrogens is 392 g/mol. The van der Waals surface area contributed by atoms with Gasteiger partial charge in [-0.3, -0.25) is 9.59 Å². The van der Waals surface area contributed by atoms with Gasteiger partial charge < -0.3 is 19.7 Å². The molecule has 0 radical (unpaired) electrons. The standard InChI is InChI=1S/C25H32N2O4/c1-5-31-22-9-8-19(14-23(22)30-4)15-26-24(28)20-7-6-10-27(16-20)25(29)21-12-17(2)11-18(3)13-21/h8-9,11-14,20H,5-7,10,15-16H2,1-4H3,(H,26,28)/t20-/m1/s1. The number of nitrogens with one attached hydrogen (secondary N) is 1. The molecular formula is C25H32N2O4. The molecule has 0 saturated carbocycles. The maximum Gasteiger partial charge on any atom is 0.253 e. The van der Waals surface area contributed by atoms with Crippen LogP contribution in [0.25, 0.3) is 0 Å². The summed E-state index contributed by atoms with van der Waals surface area (Å²) in [6.45, 7) is 8.01. The highest BCUT2D eigenvalue weighted by Crippen LogP contribution is 2.28. The first-order valence-electron chi connectivity index (χ1n) is 10.9. The van der Waals surface area contributed by atoms with Gasteiger partial charge in [-0.25, -0.2) is 0 Å². The van der Waals surface area contributed by atoms with E-state index in [1.54, 1.807) is 7.11 Å². The van der Waals surface area contributed by atoms with E-state index < -0.39 is 0 Å². The van der Waals surface area contributed by atoms with Gasteiger partial charge in [-0.05, 0) is 63.4 Å². The van der Waals surface area contributed by atoms with Crippen LogP contribution in [0.15, 0.2) is 36.4 Å². The van der Waals surface area contributed by atoms with Gasteiger partial charge in [-0.15, -0.1) is 0 Å². The molecule has 2 aromatic carbocycles. The fourth-order valence-corrected chi connectivity index (χ4v) is 4.09. The first-order valence-corrected chi connectivity index (χ1v) is 10.9. The third kappa shape index (κ3) is 5.78. The number of amides is 2. The molecule has 0 spiro atoms. The van der Waals surface area contributed by atoms with Gasteiger partial charge in [0.2, 0.25) is 5.91 Å². The van der Waals surface area contributed by atoms with Crippen molar-refractivity contribution in [2.24, 2.45) is 5.92 Å². The van der Waals surface area contributed by atoms with Crippen molar-refractivity contribution < 1.29 is 19.1 Å². The summed E-state index contributed by atoms with van der Waals surface area (Å²) >= 11 is 0. The van der Waals surface area contributed by atoms with Gasteiger partial charge in [-0.1, -0.05) is 23.3 Å². The summed E-state index contributed by atoms with van der Waals surface area (Å²) in [4.78, 5) is 27.6. The second kappa shape index (κ2) is 10.3. The maximum absolute atomic E-state index is 13.0. The van der Waals surface area contributed by atoms with E-state index >= 15 is 0 Å². The molecule has 0 aliphatic carbocycles. The summed E-state index contributed by atoms with van der Waals surface area (Å²) < 4.78 is 10.9. The Bertz CT molecular complexity index is 921. The SMILES string of the molecule is CCOc1ccc(CNC(=O)[C@@H]2CCCN(C(=O)c3cc(C)cc(C)c3)C2)cc1OC. The average molecular weight is 425 g/mol. The number of hydrogen-bond donors (Lipinski definition) is 1. The zero-order valence-electron chi connectivity index (χ0n) is 18.9. The number of nitrogens with zero attached hydrogens (tertiary/aromatic N) is 1. The van der Waals surface area contributed by atoms with Gasteiger partial charge >= 0.3 is 0 Å². The van der Waals surface area contributed by atoms with Crippen molar-refractivity contribution in [2.75, 3.05) is 26.8 Å². The van der Waals surface area contributed by atoms with Crippen molar-refractivity contribution in [2.45, 2.75) is 40.2 Å². The van der Waals surface area contributed by atoms with Crippen LogP contribution in [-0.4, -0.2) is 43.5 Å². The first-order chi connectivity index (χ1) is 14.9. The normalized spacial score (nSPS) is 16.0. The van der Waals surface area contributed by atoms with Crippen LogP contribution in [0.4, 0.5) is 0 Å². The highest BCUT2D eigenvalue weighted by atomic mass is 16.5. The number of rotatable bonds is 7. The lowest BCUT2D eigenvalue weighted by molar-refractivity contribution is -0.126. The molecule has 1 N–H and O–H groups in total. The second-order valence-corrected chi connectivity index (χ2v) is 8.10. The number of piperidine rings is 1. The van der Waals surface area contributed by atoms with Crippen molar-refractivity contribution in [1.29, 1.82) is 0 Å². The molecule has 2 aromatic rings. The Hall–Kier alpha value is -3.02. The molecule has 1 atom stereocenters. The molecule has 1 heterocycles. The molecule has 0 unspecified atom stereocenters. The minimum absolute atomic E-state index is 0.000509. The Kier molecular flexibility index (Phi) is 7.55. The number of carbonyl (C=O) groups is 2. The molecule has 31 heavy (non-hydrogen) atoms. The fourth-order valence-electron chi connectivity index (χ4n) is 4.09. The van der Waals surface area contributed by atoms with Gasteiger partial charge in [0.15, 0.2) is 11.5 Å². The molecule has 1 fully saturated rings. The highest BCUT2D eigenvalue weighted by Gasteiger charge is 2.29. The molecule has 1 aliphatic heterocycles.